The monoisotopic (exact) mass is 1110 g/mol. The Morgan fingerprint density at radius 3 is 0.949 bits per heavy atom. The van der Waals surface area contributed by atoms with Gasteiger partial charge in [-0.3, -0.25) is 44.3 Å². The summed E-state index contributed by atoms with van der Waals surface area (Å²) in [5.74, 6) is 2.84. The molecule has 78 heavy (non-hydrogen) atoms. The summed E-state index contributed by atoms with van der Waals surface area (Å²) < 4.78 is 17.1. The first-order valence-corrected chi connectivity index (χ1v) is 27.3. The molecule has 0 radical (unpaired) electrons. The fourth-order valence-corrected chi connectivity index (χ4v) is 11.0. The van der Waals surface area contributed by atoms with Crippen molar-refractivity contribution in [1.29, 1.82) is 0 Å². The fraction of sp³-hybridized carbons (Fsp3) is 0.350. The van der Waals surface area contributed by atoms with E-state index in [0.717, 1.165) is 71.9 Å². The highest BCUT2D eigenvalue weighted by atomic mass is 35.5. The maximum atomic E-state index is 12.5. The number of carbonyl (C=O) groups excluding carboxylic acids is 3. The number of ketones is 3. The van der Waals surface area contributed by atoms with Crippen LogP contribution in [0.4, 0.5) is 0 Å². The van der Waals surface area contributed by atoms with E-state index in [1.807, 2.05) is 36.4 Å². The standard InChI is InChI=1S/3C20H20ClN3O2/c3*21-16-6-7-17(23-10-16)18(25)9-13-2-1-3-15(8-13)20(14-4-5-14)12-26-11-19(22)24-20/h3*1-3,6-8,10,14H,4-5,9,11-12H2,(H2,22,24). The third-order valence-electron chi connectivity index (χ3n) is 14.9. The van der Waals surface area contributed by atoms with Crippen LogP contribution < -0.4 is 17.2 Å². The molecule has 0 spiro atoms. The molecule has 402 valence electrons. The molecule has 18 heteroatoms. The van der Waals surface area contributed by atoms with Crippen LogP contribution >= 0.6 is 34.8 Å². The number of hydrogen-bond donors (Lipinski definition) is 3. The maximum Gasteiger partial charge on any atom is 0.185 e. The fourth-order valence-electron chi connectivity index (χ4n) is 10.7. The molecule has 3 atom stereocenters. The van der Waals surface area contributed by atoms with Gasteiger partial charge in [0.15, 0.2) is 17.3 Å². The second-order valence-corrected chi connectivity index (χ2v) is 22.2. The van der Waals surface area contributed by atoms with Crippen LogP contribution in [0.5, 0.6) is 0 Å². The molecule has 6 aromatic rings. The molecule has 3 saturated carbocycles. The Bertz CT molecular complexity index is 2930. The van der Waals surface area contributed by atoms with Crippen molar-refractivity contribution in [2.45, 2.75) is 74.4 Å². The zero-order valence-corrected chi connectivity index (χ0v) is 45.2. The van der Waals surface area contributed by atoms with Gasteiger partial charge in [-0.25, -0.2) is 0 Å². The van der Waals surface area contributed by atoms with Crippen LogP contribution in [0, 0.1) is 17.8 Å². The predicted octanol–water partition coefficient (Wildman–Crippen LogP) is 9.46. The number of pyridine rings is 3. The molecule has 3 unspecified atom stereocenters. The van der Waals surface area contributed by atoms with Gasteiger partial charge in [0.05, 0.1) is 34.9 Å². The van der Waals surface area contributed by atoms with E-state index in [2.05, 4.69) is 51.4 Å². The average molecular weight is 1110 g/mol. The van der Waals surface area contributed by atoms with Crippen LogP contribution in [0.25, 0.3) is 0 Å². The topological polar surface area (TPSA) is 233 Å². The van der Waals surface area contributed by atoms with Crippen LogP contribution in [-0.2, 0) is 50.1 Å². The zero-order valence-electron chi connectivity index (χ0n) is 43.0. The molecule has 3 aromatic heterocycles. The summed E-state index contributed by atoms with van der Waals surface area (Å²) in [5.41, 5.74) is 23.9. The number of Topliss-reactive ketones (excluding diaryl/α,β-unsaturated/α-hetero) is 3. The molecule has 6 aliphatic rings. The Morgan fingerprint density at radius 2 is 0.718 bits per heavy atom. The van der Waals surface area contributed by atoms with Crippen molar-refractivity contribution >= 4 is 69.7 Å². The van der Waals surface area contributed by atoms with Crippen LogP contribution in [0.3, 0.4) is 0 Å². The van der Waals surface area contributed by atoms with E-state index >= 15 is 0 Å². The molecule has 6 heterocycles. The zero-order chi connectivity index (χ0) is 54.4. The molecule has 3 fully saturated rings. The van der Waals surface area contributed by atoms with Crippen molar-refractivity contribution in [3.05, 3.63) is 193 Å². The molecule has 0 bridgehead atoms. The molecular formula is C60H60Cl3N9O6. The van der Waals surface area contributed by atoms with Crippen LogP contribution in [0.15, 0.2) is 143 Å². The Balaban J connectivity index is 0.000000132. The molecular weight excluding hydrogens is 1050 g/mol. The molecule has 0 saturated heterocycles. The highest BCUT2D eigenvalue weighted by Crippen LogP contribution is 2.52. The average Bonchev–Trinajstić information content (AvgIpc) is 4.45. The number of amidine groups is 3. The molecule has 12 rings (SSSR count). The number of aromatic nitrogens is 3. The maximum absolute atomic E-state index is 12.5. The Hall–Kier alpha value is -6.72. The van der Waals surface area contributed by atoms with E-state index in [9.17, 15) is 14.4 Å². The highest BCUT2D eigenvalue weighted by molar-refractivity contribution is 6.31. The van der Waals surface area contributed by atoms with E-state index in [1.54, 1.807) is 36.4 Å². The van der Waals surface area contributed by atoms with E-state index < -0.39 is 16.6 Å². The number of nitrogens with two attached hydrogens (primary N) is 3. The largest absolute Gasteiger partial charge is 0.386 e. The lowest BCUT2D eigenvalue weighted by atomic mass is 9.84. The third kappa shape index (κ3) is 12.9. The van der Waals surface area contributed by atoms with Gasteiger partial charge >= 0.3 is 0 Å². The van der Waals surface area contributed by atoms with Gasteiger partial charge in [-0.15, -0.1) is 0 Å². The molecule has 0 amide bonds. The minimum Gasteiger partial charge on any atom is -0.386 e. The summed E-state index contributed by atoms with van der Waals surface area (Å²) in [7, 11) is 0. The highest BCUT2D eigenvalue weighted by Gasteiger charge is 2.50. The summed E-state index contributed by atoms with van der Waals surface area (Å²) in [6.45, 7) is 2.76. The summed E-state index contributed by atoms with van der Waals surface area (Å²) in [6.07, 6.45) is 12.1. The molecule has 3 aliphatic heterocycles. The number of hydrogen-bond acceptors (Lipinski definition) is 15. The van der Waals surface area contributed by atoms with Gasteiger partial charge in [-0.2, -0.15) is 0 Å². The first-order valence-electron chi connectivity index (χ1n) is 26.2. The van der Waals surface area contributed by atoms with Crippen molar-refractivity contribution < 1.29 is 28.6 Å². The number of carbonyl (C=O) groups is 3. The minimum absolute atomic E-state index is 0.0396. The summed E-state index contributed by atoms with van der Waals surface area (Å²) in [5, 5.41) is 1.55. The number of ether oxygens (including phenoxy) is 3. The molecule has 3 aliphatic carbocycles. The molecule has 6 N–H and O–H groups in total. The van der Waals surface area contributed by atoms with Crippen LogP contribution in [0.2, 0.25) is 15.1 Å². The van der Waals surface area contributed by atoms with Gasteiger partial charge in [0.2, 0.25) is 0 Å². The van der Waals surface area contributed by atoms with Gasteiger partial charge in [0.25, 0.3) is 0 Å². The summed E-state index contributed by atoms with van der Waals surface area (Å²) in [4.78, 5) is 64.2. The Kier molecular flexibility index (Phi) is 16.6. The van der Waals surface area contributed by atoms with E-state index in [-0.39, 0.29) is 36.6 Å². The lowest BCUT2D eigenvalue weighted by molar-refractivity contribution is 0.0859. The smallest absolute Gasteiger partial charge is 0.185 e. The molecule has 15 nitrogen and oxygen atoms in total. The van der Waals surface area contributed by atoms with Gasteiger partial charge in [-0.1, -0.05) is 108 Å². The van der Waals surface area contributed by atoms with Gasteiger partial charge < -0.3 is 31.4 Å². The Labute approximate surface area is 468 Å². The normalized spacial score (nSPS) is 22.7. The van der Waals surface area contributed by atoms with Crippen molar-refractivity contribution in [3.63, 3.8) is 0 Å². The first-order chi connectivity index (χ1) is 37.7. The third-order valence-corrected chi connectivity index (χ3v) is 15.6. The lowest BCUT2D eigenvalue weighted by Gasteiger charge is -2.34. The summed E-state index contributed by atoms with van der Waals surface area (Å²) >= 11 is 17.5. The van der Waals surface area contributed by atoms with E-state index in [4.69, 9.17) is 81.2 Å². The SMILES string of the molecule is NC1=NC(c2cccc(CC(=O)c3ccc(Cl)cn3)c2)(C2CC2)COC1.NC1=NC(c2cccc(CC(=O)c3ccc(Cl)cn3)c2)(C2CC2)COC1.NC1=NC(c2cccc(CC(=O)c3ccc(Cl)cn3)c2)(C2CC2)COC1. The van der Waals surface area contributed by atoms with Crippen molar-refractivity contribution in [3.8, 4) is 0 Å². The van der Waals surface area contributed by atoms with Crippen LogP contribution in [0.1, 0.15) is 103 Å². The van der Waals surface area contributed by atoms with Crippen LogP contribution in [-0.4, -0.2) is 89.4 Å². The quantitative estimate of drug-likeness (QED) is 0.0816. The lowest BCUT2D eigenvalue weighted by Crippen LogP contribution is -2.41. The molecule has 3 aromatic carbocycles. The van der Waals surface area contributed by atoms with E-state index in [1.165, 1.54) is 18.6 Å². The van der Waals surface area contributed by atoms with Gasteiger partial charge in [-0.05, 0) is 126 Å². The summed E-state index contributed by atoms with van der Waals surface area (Å²) in [6, 6.07) is 34.1. The second kappa shape index (κ2) is 23.7. The second-order valence-electron chi connectivity index (χ2n) is 20.9. The number of aliphatic imine (C=N–C) groups is 3. The van der Waals surface area contributed by atoms with Crippen molar-refractivity contribution in [2.75, 3.05) is 39.6 Å². The number of halogens is 3. The van der Waals surface area contributed by atoms with Gasteiger partial charge in [0.1, 0.15) is 71.0 Å². The number of rotatable bonds is 15. The predicted molar refractivity (Wildman–Crippen MR) is 302 cm³/mol. The number of nitrogens with zero attached hydrogens (tertiary/aromatic N) is 6. The van der Waals surface area contributed by atoms with E-state index in [0.29, 0.717) is 107 Å². The van der Waals surface area contributed by atoms with Crippen molar-refractivity contribution in [2.24, 2.45) is 49.9 Å². The first kappa shape index (κ1) is 54.6. The Morgan fingerprint density at radius 1 is 0.436 bits per heavy atom. The van der Waals surface area contributed by atoms with Gasteiger partial charge in [0, 0.05) is 37.9 Å². The minimum atomic E-state index is -0.417. The van der Waals surface area contributed by atoms with Crippen molar-refractivity contribution in [1.82, 2.24) is 15.0 Å². The number of benzene rings is 3.